The third-order valence-electron chi connectivity index (χ3n) is 3.29. The fraction of sp³-hybridized carbons (Fsp3) is 0.375. The number of hydrogen-bond donors (Lipinski definition) is 2. The van der Waals surface area contributed by atoms with Crippen LogP contribution >= 0.6 is 0 Å². The quantitative estimate of drug-likeness (QED) is 0.860. The topological polar surface area (TPSA) is 61.0 Å². The molecule has 0 bridgehead atoms. The Labute approximate surface area is 129 Å². The maximum Gasteiger partial charge on any atom is 0.234 e. The van der Waals surface area contributed by atoms with Gasteiger partial charge in [0.25, 0.3) is 0 Å². The third kappa shape index (κ3) is 4.66. The highest BCUT2D eigenvalue weighted by Crippen LogP contribution is 2.08. The molecule has 1 heterocycles. The summed E-state index contributed by atoms with van der Waals surface area (Å²) in [7, 11) is 1.85. The van der Waals surface area contributed by atoms with Crippen LogP contribution in [0.15, 0.2) is 30.5 Å². The van der Waals surface area contributed by atoms with E-state index in [2.05, 4.69) is 15.3 Å². The van der Waals surface area contributed by atoms with Crippen LogP contribution in [0.5, 0.6) is 0 Å². The molecule has 0 fully saturated rings. The summed E-state index contributed by atoms with van der Waals surface area (Å²) in [6, 6.07) is 6.12. The van der Waals surface area contributed by atoms with Crippen LogP contribution in [0.25, 0.3) is 0 Å². The maximum absolute atomic E-state index is 12.9. The number of H-pyrrole nitrogens is 1. The van der Waals surface area contributed by atoms with Crippen molar-refractivity contribution in [2.75, 3.05) is 13.6 Å². The van der Waals surface area contributed by atoms with Crippen molar-refractivity contribution in [3.63, 3.8) is 0 Å². The molecule has 2 N–H and O–H groups in total. The molecular formula is C16H21FN4O. The fourth-order valence-electron chi connectivity index (χ4n) is 2.21. The third-order valence-corrected chi connectivity index (χ3v) is 3.29. The zero-order chi connectivity index (χ0) is 16.1. The SMILES string of the molecule is Cc1cnc(C(C)NC(=O)CN(C)Cc2ccc(F)cc2)[nH]1. The molecule has 0 aliphatic heterocycles. The minimum atomic E-state index is -0.258. The first kappa shape index (κ1) is 16.2. The number of aromatic nitrogens is 2. The lowest BCUT2D eigenvalue weighted by molar-refractivity contribution is -0.122. The molecular weight excluding hydrogens is 283 g/mol. The van der Waals surface area contributed by atoms with Crippen LogP contribution < -0.4 is 5.32 Å². The average Bonchev–Trinajstić information content (AvgIpc) is 2.88. The molecule has 5 nitrogen and oxygen atoms in total. The molecule has 1 aromatic carbocycles. The number of amides is 1. The van der Waals surface area contributed by atoms with Crippen LogP contribution in [0, 0.1) is 12.7 Å². The van der Waals surface area contributed by atoms with Crippen molar-refractivity contribution < 1.29 is 9.18 Å². The number of rotatable bonds is 6. The maximum atomic E-state index is 12.9. The molecule has 2 aromatic rings. The Bertz CT molecular complexity index is 623. The van der Waals surface area contributed by atoms with Crippen LogP contribution in [-0.4, -0.2) is 34.4 Å². The van der Waals surface area contributed by atoms with Gasteiger partial charge in [-0.3, -0.25) is 9.69 Å². The largest absolute Gasteiger partial charge is 0.345 e. The predicted octanol–water partition coefficient (Wildman–Crippen LogP) is 2.17. The molecule has 22 heavy (non-hydrogen) atoms. The van der Waals surface area contributed by atoms with E-state index >= 15 is 0 Å². The fourth-order valence-corrected chi connectivity index (χ4v) is 2.21. The number of halogens is 1. The molecule has 2 rings (SSSR count). The summed E-state index contributed by atoms with van der Waals surface area (Å²) in [6.45, 7) is 4.65. The molecule has 0 radical (unpaired) electrons. The van der Waals surface area contributed by atoms with Gasteiger partial charge in [-0.1, -0.05) is 12.1 Å². The van der Waals surface area contributed by atoms with Gasteiger partial charge in [0, 0.05) is 18.4 Å². The lowest BCUT2D eigenvalue weighted by Crippen LogP contribution is -2.36. The summed E-state index contributed by atoms with van der Waals surface area (Å²) < 4.78 is 12.9. The second-order valence-electron chi connectivity index (χ2n) is 5.54. The summed E-state index contributed by atoms with van der Waals surface area (Å²) in [5.74, 6) is 0.407. The number of aromatic amines is 1. The Morgan fingerprint density at radius 3 is 2.68 bits per heavy atom. The summed E-state index contributed by atoms with van der Waals surface area (Å²) in [5, 5.41) is 2.90. The van der Waals surface area contributed by atoms with Gasteiger partial charge in [-0.15, -0.1) is 0 Å². The first-order chi connectivity index (χ1) is 10.4. The Balaban J connectivity index is 1.82. The average molecular weight is 304 g/mol. The van der Waals surface area contributed by atoms with Gasteiger partial charge in [0.1, 0.15) is 11.6 Å². The van der Waals surface area contributed by atoms with Crippen LogP contribution in [0.3, 0.4) is 0 Å². The number of carbonyl (C=O) groups is 1. The van der Waals surface area contributed by atoms with E-state index in [0.717, 1.165) is 17.1 Å². The molecule has 1 aromatic heterocycles. The summed E-state index contributed by atoms with van der Waals surface area (Å²) in [6.07, 6.45) is 1.73. The lowest BCUT2D eigenvalue weighted by atomic mass is 10.2. The zero-order valence-electron chi connectivity index (χ0n) is 13.1. The molecule has 1 unspecified atom stereocenters. The number of benzene rings is 1. The number of hydrogen-bond acceptors (Lipinski definition) is 3. The monoisotopic (exact) mass is 304 g/mol. The number of aryl methyl sites for hydroxylation is 1. The van der Waals surface area contributed by atoms with Crippen LogP contribution in [-0.2, 0) is 11.3 Å². The standard InChI is InChI=1S/C16H21FN4O/c1-11-8-18-16(19-11)12(2)20-15(22)10-21(3)9-13-4-6-14(17)7-5-13/h4-8,12H,9-10H2,1-3H3,(H,18,19)(H,20,22). The van der Waals surface area contributed by atoms with Crippen LogP contribution in [0.2, 0.25) is 0 Å². The van der Waals surface area contributed by atoms with E-state index in [1.165, 1.54) is 12.1 Å². The Hall–Kier alpha value is -2.21. The summed E-state index contributed by atoms with van der Waals surface area (Å²) in [5.41, 5.74) is 1.93. The molecule has 1 amide bonds. The smallest absolute Gasteiger partial charge is 0.234 e. The highest BCUT2D eigenvalue weighted by atomic mass is 19.1. The molecule has 0 aliphatic rings. The summed E-state index contributed by atoms with van der Waals surface area (Å²) >= 11 is 0. The Morgan fingerprint density at radius 2 is 2.09 bits per heavy atom. The van der Waals surface area contributed by atoms with Gasteiger partial charge < -0.3 is 10.3 Å². The van der Waals surface area contributed by atoms with Gasteiger partial charge in [-0.2, -0.15) is 0 Å². The van der Waals surface area contributed by atoms with Crippen molar-refractivity contribution in [1.29, 1.82) is 0 Å². The van der Waals surface area contributed by atoms with E-state index in [1.807, 2.05) is 25.8 Å². The van der Waals surface area contributed by atoms with E-state index in [9.17, 15) is 9.18 Å². The van der Waals surface area contributed by atoms with Crippen molar-refractivity contribution in [2.24, 2.45) is 0 Å². The number of nitrogens with one attached hydrogen (secondary N) is 2. The van der Waals surface area contributed by atoms with E-state index in [1.54, 1.807) is 18.3 Å². The van der Waals surface area contributed by atoms with E-state index < -0.39 is 0 Å². The van der Waals surface area contributed by atoms with Crippen LogP contribution in [0.1, 0.15) is 30.0 Å². The first-order valence-electron chi connectivity index (χ1n) is 7.18. The van der Waals surface area contributed by atoms with Gasteiger partial charge in [-0.25, -0.2) is 9.37 Å². The number of imidazole rings is 1. The second-order valence-corrected chi connectivity index (χ2v) is 5.54. The van der Waals surface area contributed by atoms with Crippen molar-refractivity contribution in [1.82, 2.24) is 20.2 Å². The minimum absolute atomic E-state index is 0.0776. The zero-order valence-corrected chi connectivity index (χ0v) is 13.1. The van der Waals surface area contributed by atoms with Gasteiger partial charge in [0.05, 0.1) is 12.6 Å². The molecule has 1 atom stereocenters. The first-order valence-corrected chi connectivity index (χ1v) is 7.18. The molecule has 0 spiro atoms. The molecule has 6 heteroatoms. The lowest BCUT2D eigenvalue weighted by Gasteiger charge is -2.18. The van der Waals surface area contributed by atoms with Crippen molar-refractivity contribution in [3.05, 3.63) is 53.4 Å². The van der Waals surface area contributed by atoms with Crippen molar-refractivity contribution in [2.45, 2.75) is 26.4 Å². The van der Waals surface area contributed by atoms with Crippen molar-refractivity contribution >= 4 is 5.91 Å². The second kappa shape index (κ2) is 7.17. The van der Waals surface area contributed by atoms with Gasteiger partial charge >= 0.3 is 0 Å². The predicted molar refractivity (Wildman–Crippen MR) is 82.6 cm³/mol. The van der Waals surface area contributed by atoms with E-state index in [-0.39, 0.29) is 24.3 Å². The number of nitrogens with zero attached hydrogens (tertiary/aromatic N) is 2. The van der Waals surface area contributed by atoms with Gasteiger partial charge in [-0.05, 0) is 38.6 Å². The van der Waals surface area contributed by atoms with Crippen LogP contribution in [0.4, 0.5) is 4.39 Å². The van der Waals surface area contributed by atoms with Crippen molar-refractivity contribution in [3.8, 4) is 0 Å². The van der Waals surface area contributed by atoms with Gasteiger partial charge in [0.15, 0.2) is 0 Å². The van der Waals surface area contributed by atoms with Gasteiger partial charge in [0.2, 0.25) is 5.91 Å². The highest BCUT2D eigenvalue weighted by Gasteiger charge is 2.13. The van der Waals surface area contributed by atoms with E-state index in [0.29, 0.717) is 6.54 Å². The minimum Gasteiger partial charge on any atom is -0.345 e. The molecule has 0 saturated carbocycles. The molecule has 0 saturated heterocycles. The molecule has 118 valence electrons. The normalized spacial score (nSPS) is 12.4. The van der Waals surface area contributed by atoms with E-state index in [4.69, 9.17) is 0 Å². The Kier molecular flexibility index (Phi) is 5.27. The summed E-state index contributed by atoms with van der Waals surface area (Å²) in [4.78, 5) is 21.2. The Morgan fingerprint density at radius 1 is 1.41 bits per heavy atom. The highest BCUT2D eigenvalue weighted by molar-refractivity contribution is 5.78. The number of likely N-dealkylation sites (N-methyl/N-ethyl adjacent to an activating group) is 1. The molecule has 0 aliphatic carbocycles. The number of carbonyl (C=O) groups excluding carboxylic acids is 1.